The van der Waals surface area contributed by atoms with Crippen molar-refractivity contribution in [2.24, 2.45) is 0 Å². The van der Waals surface area contributed by atoms with Crippen molar-refractivity contribution < 1.29 is 9.59 Å². The second-order valence-corrected chi connectivity index (χ2v) is 12.0. The van der Waals surface area contributed by atoms with E-state index < -0.39 is 12.1 Å². The lowest BCUT2D eigenvalue weighted by Gasteiger charge is -2.33. The predicted octanol–water partition coefficient (Wildman–Crippen LogP) is 7.24. The molecular formula is C34H33Cl2N3O2S. The minimum absolute atomic E-state index is 0.0910. The number of rotatable bonds is 11. The number of benzene rings is 4. The molecule has 4 aromatic carbocycles. The summed E-state index contributed by atoms with van der Waals surface area (Å²) in [6, 6.07) is 34.4. The van der Waals surface area contributed by atoms with Crippen molar-refractivity contribution in [3.8, 4) is 0 Å². The molecule has 5 nitrogen and oxygen atoms in total. The molecule has 0 radical (unpaired) electrons. The van der Waals surface area contributed by atoms with Gasteiger partial charge in [0, 0.05) is 34.8 Å². The van der Waals surface area contributed by atoms with Crippen LogP contribution in [-0.4, -0.2) is 35.3 Å². The van der Waals surface area contributed by atoms with Crippen LogP contribution in [0.25, 0.3) is 0 Å². The largest absolute Gasteiger partial charge is 0.350 e. The third-order valence-electron chi connectivity index (χ3n) is 7.51. The van der Waals surface area contributed by atoms with Crippen LogP contribution in [0.15, 0.2) is 109 Å². The molecule has 4 aromatic rings. The summed E-state index contributed by atoms with van der Waals surface area (Å²) in [6.45, 7) is 0.759. The number of hydrogen-bond donors (Lipinski definition) is 2. The quantitative estimate of drug-likeness (QED) is 0.174. The molecule has 2 amide bonds. The third-order valence-corrected chi connectivity index (χ3v) is 9.01. The fraction of sp³-hybridized carbons (Fsp3) is 0.235. The SMILES string of the molecule is O=C(NCc1cc(Cl)ccc1Cl)[C@@H]1CCCN1C(=O)[C@H](NSCc1ccccc1)C(c1ccccc1)c1ccccc1. The van der Waals surface area contributed by atoms with Crippen LogP contribution in [0.5, 0.6) is 0 Å². The number of hydrogen-bond acceptors (Lipinski definition) is 4. The molecule has 1 fully saturated rings. The molecule has 2 atom stereocenters. The first-order valence-corrected chi connectivity index (χ1v) is 15.8. The predicted molar refractivity (Wildman–Crippen MR) is 172 cm³/mol. The minimum Gasteiger partial charge on any atom is -0.350 e. The van der Waals surface area contributed by atoms with Crippen LogP contribution in [0.4, 0.5) is 0 Å². The van der Waals surface area contributed by atoms with Gasteiger partial charge in [-0.3, -0.25) is 14.3 Å². The Morgan fingerprint density at radius 2 is 1.48 bits per heavy atom. The summed E-state index contributed by atoms with van der Waals surface area (Å²) in [5, 5.41) is 4.07. The van der Waals surface area contributed by atoms with Crippen molar-refractivity contribution in [2.45, 2.75) is 43.1 Å². The van der Waals surface area contributed by atoms with Gasteiger partial charge < -0.3 is 10.2 Å². The Kier molecular flexibility index (Phi) is 10.6. The smallest absolute Gasteiger partial charge is 0.243 e. The number of carbonyl (C=O) groups is 2. The van der Waals surface area contributed by atoms with E-state index in [1.165, 1.54) is 11.9 Å². The number of likely N-dealkylation sites (tertiary alicyclic amines) is 1. The highest BCUT2D eigenvalue weighted by Crippen LogP contribution is 2.32. The Morgan fingerprint density at radius 1 is 0.857 bits per heavy atom. The zero-order valence-corrected chi connectivity index (χ0v) is 25.4. The van der Waals surface area contributed by atoms with Crippen LogP contribution < -0.4 is 10.0 Å². The Morgan fingerprint density at radius 3 is 2.12 bits per heavy atom. The Balaban J connectivity index is 1.40. The van der Waals surface area contributed by atoms with E-state index in [1.54, 1.807) is 23.1 Å². The van der Waals surface area contributed by atoms with Crippen molar-refractivity contribution in [3.63, 3.8) is 0 Å². The maximum atomic E-state index is 14.5. The molecule has 5 rings (SSSR count). The first-order valence-electron chi connectivity index (χ1n) is 14.0. The lowest BCUT2D eigenvalue weighted by atomic mass is 9.84. The summed E-state index contributed by atoms with van der Waals surface area (Å²) in [7, 11) is 0. The Labute approximate surface area is 261 Å². The normalized spacial score (nSPS) is 15.5. The number of nitrogens with zero attached hydrogens (tertiary/aromatic N) is 1. The number of amides is 2. The molecule has 42 heavy (non-hydrogen) atoms. The lowest BCUT2D eigenvalue weighted by molar-refractivity contribution is -0.140. The van der Waals surface area contributed by atoms with Gasteiger partial charge in [0.1, 0.15) is 12.1 Å². The van der Waals surface area contributed by atoms with Crippen molar-refractivity contribution in [1.29, 1.82) is 0 Å². The molecule has 1 aliphatic rings. The highest BCUT2D eigenvalue weighted by Gasteiger charge is 2.40. The van der Waals surface area contributed by atoms with Gasteiger partial charge in [-0.2, -0.15) is 0 Å². The van der Waals surface area contributed by atoms with Crippen LogP contribution in [0.1, 0.15) is 41.0 Å². The minimum atomic E-state index is -0.598. The number of nitrogens with one attached hydrogen (secondary N) is 2. The molecule has 0 bridgehead atoms. The van der Waals surface area contributed by atoms with Crippen molar-refractivity contribution in [3.05, 3.63) is 141 Å². The monoisotopic (exact) mass is 617 g/mol. The first kappa shape index (κ1) is 30.2. The summed E-state index contributed by atoms with van der Waals surface area (Å²) in [5.41, 5.74) is 3.96. The van der Waals surface area contributed by atoms with Gasteiger partial charge in [0.25, 0.3) is 0 Å². The van der Waals surface area contributed by atoms with E-state index in [-0.39, 0.29) is 24.3 Å². The van der Waals surface area contributed by atoms with Gasteiger partial charge in [0.15, 0.2) is 0 Å². The van der Waals surface area contributed by atoms with E-state index in [1.807, 2.05) is 54.6 Å². The molecule has 0 aliphatic carbocycles. The van der Waals surface area contributed by atoms with Crippen LogP contribution in [-0.2, 0) is 21.9 Å². The number of carbonyl (C=O) groups excluding carboxylic acids is 2. The van der Waals surface area contributed by atoms with Gasteiger partial charge in [0.05, 0.1) is 0 Å². The van der Waals surface area contributed by atoms with E-state index in [0.29, 0.717) is 28.8 Å². The maximum absolute atomic E-state index is 14.5. The highest BCUT2D eigenvalue weighted by molar-refractivity contribution is 7.96. The van der Waals surface area contributed by atoms with Crippen molar-refractivity contribution in [1.82, 2.24) is 14.9 Å². The fourth-order valence-corrected chi connectivity index (χ4v) is 6.65. The van der Waals surface area contributed by atoms with E-state index >= 15 is 0 Å². The molecule has 1 saturated heterocycles. The Hall–Kier alpha value is -3.29. The van der Waals surface area contributed by atoms with E-state index in [4.69, 9.17) is 23.2 Å². The van der Waals surface area contributed by atoms with Gasteiger partial charge in [-0.1, -0.05) is 126 Å². The zero-order valence-electron chi connectivity index (χ0n) is 23.1. The standard InChI is InChI=1S/C34H33Cl2N3O2S/c35-28-18-19-29(36)27(21-28)22-37-33(40)30-17-10-20-39(30)34(41)32(38-42-23-24-11-4-1-5-12-24)31(25-13-6-2-7-14-25)26-15-8-3-9-16-26/h1-9,11-16,18-19,21,30-32,38H,10,17,20,22-23H2,(H,37,40)/t30-,32+/m0/s1. The van der Waals surface area contributed by atoms with E-state index in [2.05, 4.69) is 46.4 Å². The molecule has 2 N–H and O–H groups in total. The van der Waals surface area contributed by atoms with E-state index in [0.717, 1.165) is 28.7 Å². The average Bonchev–Trinajstić information content (AvgIpc) is 3.52. The first-order chi connectivity index (χ1) is 20.5. The van der Waals surface area contributed by atoms with Gasteiger partial charge >= 0.3 is 0 Å². The molecule has 1 aliphatic heterocycles. The summed E-state index contributed by atoms with van der Waals surface area (Å²) in [5.74, 6) is 0.165. The summed E-state index contributed by atoms with van der Waals surface area (Å²) >= 11 is 14.0. The van der Waals surface area contributed by atoms with Crippen molar-refractivity contribution in [2.75, 3.05) is 6.54 Å². The fourth-order valence-electron chi connectivity index (χ4n) is 5.41. The van der Waals surface area contributed by atoms with Crippen LogP contribution in [0, 0.1) is 0 Å². The Bertz CT molecular complexity index is 1430. The molecule has 0 spiro atoms. The average molecular weight is 619 g/mol. The second kappa shape index (κ2) is 14.7. The van der Waals surface area contributed by atoms with Crippen LogP contribution in [0.3, 0.4) is 0 Å². The second-order valence-electron chi connectivity index (χ2n) is 10.3. The maximum Gasteiger partial charge on any atom is 0.243 e. The van der Waals surface area contributed by atoms with Crippen molar-refractivity contribution >= 4 is 47.0 Å². The molecule has 0 saturated carbocycles. The van der Waals surface area contributed by atoms with Gasteiger partial charge in [-0.25, -0.2) is 0 Å². The van der Waals surface area contributed by atoms with E-state index in [9.17, 15) is 9.59 Å². The summed E-state index contributed by atoms with van der Waals surface area (Å²) < 4.78 is 3.53. The summed E-state index contributed by atoms with van der Waals surface area (Å²) in [6.07, 6.45) is 1.36. The van der Waals surface area contributed by atoms with Crippen LogP contribution in [0.2, 0.25) is 10.0 Å². The molecule has 8 heteroatoms. The molecule has 216 valence electrons. The van der Waals surface area contributed by atoms with Gasteiger partial charge in [-0.05, 0) is 53.3 Å². The zero-order chi connectivity index (χ0) is 29.3. The molecule has 0 aromatic heterocycles. The topological polar surface area (TPSA) is 61.4 Å². The molecule has 0 unspecified atom stereocenters. The summed E-state index contributed by atoms with van der Waals surface area (Å²) in [4.78, 5) is 29.7. The van der Waals surface area contributed by atoms with Gasteiger partial charge in [-0.15, -0.1) is 0 Å². The molecular weight excluding hydrogens is 585 g/mol. The highest BCUT2D eigenvalue weighted by atomic mass is 35.5. The number of halogens is 2. The third kappa shape index (κ3) is 7.56. The van der Waals surface area contributed by atoms with Gasteiger partial charge in [0.2, 0.25) is 11.8 Å². The molecule has 1 heterocycles. The lowest BCUT2D eigenvalue weighted by Crippen LogP contribution is -2.53. The van der Waals surface area contributed by atoms with Crippen LogP contribution >= 0.6 is 35.1 Å².